The maximum atomic E-state index is 12.2. The number of hydrogen-bond acceptors (Lipinski definition) is 4. The Morgan fingerprint density at radius 2 is 2.08 bits per heavy atom. The van der Waals surface area contributed by atoms with Gasteiger partial charge in [0.25, 0.3) is 0 Å². The molecule has 5 nitrogen and oxygen atoms in total. The molecule has 2 aliphatic rings. The zero-order chi connectivity index (χ0) is 15.6. The molecule has 24 heavy (non-hydrogen) atoms. The lowest BCUT2D eigenvalue weighted by Gasteiger charge is -2.23. The Hall–Kier alpha value is -0.460. The fourth-order valence-corrected chi connectivity index (χ4v) is 3.58. The van der Waals surface area contributed by atoms with Gasteiger partial charge in [-0.15, -0.1) is 24.8 Å². The molecular weight excluding hydrogens is 396 g/mol. The van der Waals surface area contributed by atoms with Crippen molar-refractivity contribution in [3.05, 3.63) is 22.3 Å². The first-order valence-corrected chi connectivity index (χ1v) is 8.29. The van der Waals surface area contributed by atoms with Crippen molar-refractivity contribution in [3.8, 4) is 5.88 Å². The van der Waals surface area contributed by atoms with Crippen molar-refractivity contribution < 1.29 is 9.53 Å². The Morgan fingerprint density at radius 3 is 2.75 bits per heavy atom. The Bertz CT molecular complexity index is 568. The molecule has 1 spiro atoms. The quantitative estimate of drug-likeness (QED) is 0.723. The molecular formula is C15H21Cl4N3O2. The van der Waals surface area contributed by atoms with E-state index in [9.17, 15) is 4.79 Å². The molecule has 1 saturated carbocycles. The van der Waals surface area contributed by atoms with Gasteiger partial charge in [0.15, 0.2) is 0 Å². The molecule has 1 aliphatic carbocycles. The summed E-state index contributed by atoms with van der Waals surface area (Å²) >= 11 is 11.7. The van der Waals surface area contributed by atoms with E-state index in [1.54, 1.807) is 6.07 Å². The summed E-state index contributed by atoms with van der Waals surface area (Å²) in [6.07, 6.45) is 4.70. The lowest BCUT2D eigenvalue weighted by atomic mass is 9.92. The van der Waals surface area contributed by atoms with E-state index in [0.29, 0.717) is 29.1 Å². The summed E-state index contributed by atoms with van der Waals surface area (Å²) in [4.78, 5) is 16.2. The lowest BCUT2D eigenvalue weighted by molar-refractivity contribution is -0.123. The van der Waals surface area contributed by atoms with Crippen LogP contribution in [0.25, 0.3) is 0 Å². The van der Waals surface area contributed by atoms with Gasteiger partial charge in [-0.2, -0.15) is 0 Å². The van der Waals surface area contributed by atoms with Crippen molar-refractivity contribution in [2.75, 3.05) is 26.2 Å². The molecule has 0 bridgehead atoms. The van der Waals surface area contributed by atoms with Crippen LogP contribution < -0.4 is 15.4 Å². The minimum absolute atomic E-state index is 0. The topological polar surface area (TPSA) is 63.2 Å². The summed E-state index contributed by atoms with van der Waals surface area (Å²) < 4.78 is 5.45. The minimum atomic E-state index is 0. The van der Waals surface area contributed by atoms with Gasteiger partial charge in [0, 0.05) is 12.1 Å². The Balaban J connectivity index is 0.00000144. The summed E-state index contributed by atoms with van der Waals surface area (Å²) in [7, 11) is 0. The van der Waals surface area contributed by atoms with Crippen molar-refractivity contribution in [3.63, 3.8) is 0 Å². The monoisotopic (exact) mass is 415 g/mol. The van der Waals surface area contributed by atoms with E-state index in [4.69, 9.17) is 27.9 Å². The normalized spacial score (nSPS) is 20.5. The molecule has 9 heteroatoms. The maximum absolute atomic E-state index is 12.2. The number of carbonyl (C=O) groups is 1. The van der Waals surface area contributed by atoms with E-state index < -0.39 is 0 Å². The molecule has 1 saturated heterocycles. The van der Waals surface area contributed by atoms with Crippen LogP contribution in [0.2, 0.25) is 10.0 Å². The van der Waals surface area contributed by atoms with Crippen molar-refractivity contribution in [1.82, 2.24) is 15.6 Å². The van der Waals surface area contributed by atoms with Crippen LogP contribution in [0.15, 0.2) is 12.3 Å². The average molecular weight is 417 g/mol. The fourth-order valence-electron chi connectivity index (χ4n) is 3.15. The number of rotatable bonds is 5. The van der Waals surface area contributed by atoms with Crippen LogP contribution in [-0.2, 0) is 4.79 Å². The highest BCUT2D eigenvalue weighted by Crippen LogP contribution is 2.58. The molecule has 2 heterocycles. The van der Waals surface area contributed by atoms with Crippen LogP contribution in [-0.4, -0.2) is 37.1 Å². The van der Waals surface area contributed by atoms with E-state index in [0.717, 1.165) is 32.4 Å². The molecule has 1 aromatic heterocycles. The van der Waals surface area contributed by atoms with Gasteiger partial charge in [-0.05, 0) is 43.8 Å². The first-order chi connectivity index (χ1) is 10.6. The second-order valence-electron chi connectivity index (χ2n) is 5.95. The van der Waals surface area contributed by atoms with Gasteiger partial charge in [-0.3, -0.25) is 4.79 Å². The highest BCUT2D eigenvalue weighted by Gasteiger charge is 2.57. The SMILES string of the molecule is Cl.Cl.O=C(NCCOc1ncc(Cl)cc1Cl)C1CC12CCNCC2. The van der Waals surface area contributed by atoms with E-state index >= 15 is 0 Å². The van der Waals surface area contributed by atoms with Crippen molar-refractivity contribution >= 4 is 53.9 Å². The number of nitrogens with one attached hydrogen (secondary N) is 2. The van der Waals surface area contributed by atoms with Crippen molar-refractivity contribution in [1.29, 1.82) is 0 Å². The number of ether oxygens (including phenoxy) is 1. The number of pyridine rings is 1. The summed E-state index contributed by atoms with van der Waals surface area (Å²) in [5.74, 6) is 0.647. The summed E-state index contributed by atoms with van der Waals surface area (Å²) in [5, 5.41) is 7.11. The molecule has 136 valence electrons. The standard InChI is InChI=1S/C15H19Cl2N3O2.2ClH/c16-10-7-12(17)14(20-9-10)22-6-5-19-13(21)11-8-15(11)1-3-18-4-2-15;;/h7,9,11,18H,1-6,8H2,(H,19,21);2*1H. The maximum Gasteiger partial charge on any atom is 0.232 e. The summed E-state index contributed by atoms with van der Waals surface area (Å²) in [5.41, 5.74) is 0.261. The zero-order valence-corrected chi connectivity index (χ0v) is 16.2. The number of carbonyl (C=O) groups excluding carboxylic acids is 1. The van der Waals surface area contributed by atoms with Crippen LogP contribution in [0.4, 0.5) is 0 Å². The molecule has 1 unspecified atom stereocenters. The largest absolute Gasteiger partial charge is 0.475 e. The smallest absolute Gasteiger partial charge is 0.232 e. The average Bonchev–Trinajstić information content (AvgIpc) is 3.19. The molecule has 3 rings (SSSR count). The number of aromatic nitrogens is 1. The number of amides is 1. The predicted molar refractivity (Wildman–Crippen MR) is 99.9 cm³/mol. The van der Waals surface area contributed by atoms with Crippen LogP contribution in [0.3, 0.4) is 0 Å². The third-order valence-corrected chi connectivity index (χ3v) is 5.00. The Morgan fingerprint density at radius 1 is 1.38 bits per heavy atom. The molecule has 1 amide bonds. The zero-order valence-electron chi connectivity index (χ0n) is 13.0. The molecule has 2 fully saturated rings. The number of nitrogens with zero attached hydrogens (tertiary/aromatic N) is 1. The molecule has 0 aromatic carbocycles. The van der Waals surface area contributed by atoms with Gasteiger partial charge in [0.05, 0.1) is 11.6 Å². The first kappa shape index (κ1) is 21.6. The highest BCUT2D eigenvalue weighted by atomic mass is 35.5. The predicted octanol–water partition coefficient (Wildman–Crippen LogP) is 3.12. The molecule has 1 atom stereocenters. The van der Waals surface area contributed by atoms with E-state index in [1.165, 1.54) is 6.20 Å². The Kier molecular flexibility index (Phi) is 8.36. The Labute approximate surface area is 164 Å². The van der Waals surface area contributed by atoms with Crippen LogP contribution in [0, 0.1) is 11.3 Å². The van der Waals surface area contributed by atoms with Crippen LogP contribution >= 0.6 is 48.0 Å². The minimum Gasteiger partial charge on any atom is -0.475 e. The fraction of sp³-hybridized carbons (Fsp3) is 0.600. The van der Waals surface area contributed by atoms with Crippen molar-refractivity contribution in [2.24, 2.45) is 11.3 Å². The van der Waals surface area contributed by atoms with Crippen LogP contribution in [0.1, 0.15) is 19.3 Å². The number of hydrogen-bond donors (Lipinski definition) is 2. The molecule has 1 aromatic rings. The van der Waals surface area contributed by atoms with Crippen molar-refractivity contribution in [2.45, 2.75) is 19.3 Å². The number of halogens is 4. The van der Waals surface area contributed by atoms with Gasteiger partial charge in [-0.25, -0.2) is 4.98 Å². The second kappa shape index (κ2) is 9.30. The van der Waals surface area contributed by atoms with Gasteiger partial charge >= 0.3 is 0 Å². The molecule has 1 aliphatic heterocycles. The van der Waals surface area contributed by atoms with E-state index in [2.05, 4.69) is 15.6 Å². The van der Waals surface area contributed by atoms with E-state index in [1.807, 2.05) is 0 Å². The first-order valence-electron chi connectivity index (χ1n) is 7.53. The lowest BCUT2D eigenvalue weighted by Crippen LogP contribution is -2.35. The van der Waals surface area contributed by atoms with Gasteiger partial charge in [0.2, 0.25) is 11.8 Å². The third kappa shape index (κ3) is 5.02. The summed E-state index contributed by atoms with van der Waals surface area (Å²) in [6.45, 7) is 2.83. The number of piperidine rings is 1. The van der Waals surface area contributed by atoms with Gasteiger partial charge < -0.3 is 15.4 Å². The highest BCUT2D eigenvalue weighted by molar-refractivity contribution is 6.35. The summed E-state index contributed by atoms with van der Waals surface area (Å²) in [6, 6.07) is 1.58. The second-order valence-corrected chi connectivity index (χ2v) is 6.79. The van der Waals surface area contributed by atoms with E-state index in [-0.39, 0.29) is 42.1 Å². The molecule has 0 radical (unpaired) electrons. The third-order valence-electron chi connectivity index (χ3n) is 4.52. The molecule has 2 N–H and O–H groups in total. The van der Waals surface area contributed by atoms with Crippen LogP contribution in [0.5, 0.6) is 5.88 Å². The van der Waals surface area contributed by atoms with Gasteiger partial charge in [-0.1, -0.05) is 23.2 Å². The van der Waals surface area contributed by atoms with Gasteiger partial charge in [0.1, 0.15) is 11.6 Å².